The van der Waals surface area contributed by atoms with Gasteiger partial charge in [-0.05, 0) is 55.0 Å². The summed E-state index contributed by atoms with van der Waals surface area (Å²) in [5, 5.41) is 4.14. The first kappa shape index (κ1) is 17.9. The number of nitrogens with two attached hydrogens (primary N) is 1. The molecule has 2 aliphatic rings. The van der Waals surface area contributed by atoms with E-state index in [2.05, 4.69) is 27.0 Å². The van der Waals surface area contributed by atoms with Crippen LogP contribution in [0.3, 0.4) is 0 Å². The van der Waals surface area contributed by atoms with E-state index in [0.29, 0.717) is 18.3 Å². The third-order valence-electron chi connectivity index (χ3n) is 5.02. The largest absolute Gasteiger partial charge is 0.433 e. The molecule has 2 unspecified atom stereocenters. The molecule has 7 heteroatoms. The summed E-state index contributed by atoms with van der Waals surface area (Å²) in [5.41, 5.74) is 8.70. The van der Waals surface area contributed by atoms with Crippen LogP contribution in [0.15, 0.2) is 46.5 Å². The average Bonchev–Trinajstić information content (AvgIpc) is 3.20. The first-order valence-corrected chi connectivity index (χ1v) is 8.96. The van der Waals surface area contributed by atoms with Gasteiger partial charge in [-0.1, -0.05) is 23.4 Å². The topological polar surface area (TPSA) is 74.2 Å². The Labute approximate surface area is 155 Å². The monoisotopic (exact) mass is 373 g/mol. The van der Waals surface area contributed by atoms with Crippen molar-refractivity contribution >= 4 is 0 Å². The molecule has 0 aliphatic heterocycles. The van der Waals surface area contributed by atoms with Crippen LogP contribution in [0.4, 0.5) is 8.78 Å². The Kier molecular flexibility index (Phi) is 4.34. The Morgan fingerprint density at radius 1 is 1.26 bits per heavy atom. The van der Waals surface area contributed by atoms with Crippen LogP contribution in [0.5, 0.6) is 5.75 Å². The molecule has 0 spiro atoms. The van der Waals surface area contributed by atoms with E-state index < -0.39 is 6.11 Å². The maximum atomic E-state index is 13.2. The summed E-state index contributed by atoms with van der Waals surface area (Å²) in [5.74, 6) is 1.21. The van der Waals surface area contributed by atoms with Gasteiger partial charge in [-0.15, -0.1) is 0 Å². The van der Waals surface area contributed by atoms with Crippen LogP contribution in [0.1, 0.15) is 37.1 Å². The molecular formula is C20H21F2N3O2. The van der Waals surface area contributed by atoms with E-state index in [1.54, 1.807) is 19.1 Å². The summed E-state index contributed by atoms with van der Waals surface area (Å²) >= 11 is 0. The lowest BCUT2D eigenvalue weighted by molar-refractivity contribution is -0.158. The molecule has 1 aromatic heterocycles. The predicted molar refractivity (Wildman–Crippen MR) is 96.4 cm³/mol. The van der Waals surface area contributed by atoms with Crippen LogP contribution in [0.2, 0.25) is 0 Å². The van der Waals surface area contributed by atoms with E-state index in [0.717, 1.165) is 18.4 Å². The molecule has 5 nitrogen and oxygen atoms in total. The Morgan fingerprint density at radius 2 is 2.07 bits per heavy atom. The van der Waals surface area contributed by atoms with Crippen molar-refractivity contribution in [1.29, 1.82) is 0 Å². The lowest BCUT2D eigenvalue weighted by Gasteiger charge is -2.22. The van der Waals surface area contributed by atoms with Crippen molar-refractivity contribution in [3.63, 3.8) is 0 Å². The second kappa shape index (κ2) is 6.56. The number of benzene rings is 1. The molecule has 142 valence electrons. The zero-order chi connectivity index (χ0) is 19.2. The number of halogens is 2. The molecule has 0 bridgehead atoms. The van der Waals surface area contributed by atoms with E-state index in [-0.39, 0.29) is 29.5 Å². The van der Waals surface area contributed by atoms with Gasteiger partial charge >= 0.3 is 6.11 Å². The highest BCUT2D eigenvalue weighted by molar-refractivity contribution is 5.57. The fourth-order valence-corrected chi connectivity index (χ4v) is 3.91. The SMILES string of the molecule is Cc1cc(OC(C)(F)F)cc(-c2nc(C3C=CC=C4C3CC[C@@H]4N)no2)c1. The lowest BCUT2D eigenvalue weighted by atomic mass is 9.83. The molecule has 1 fully saturated rings. The zero-order valence-electron chi connectivity index (χ0n) is 15.2. The Balaban J connectivity index is 1.62. The average molecular weight is 373 g/mol. The van der Waals surface area contributed by atoms with Crippen molar-refractivity contribution in [2.75, 3.05) is 0 Å². The highest BCUT2D eigenvalue weighted by Gasteiger charge is 2.37. The third kappa shape index (κ3) is 3.64. The van der Waals surface area contributed by atoms with Gasteiger partial charge in [-0.3, -0.25) is 0 Å². The molecule has 2 N–H and O–H groups in total. The molecule has 0 radical (unpaired) electrons. The summed E-state index contributed by atoms with van der Waals surface area (Å²) in [7, 11) is 0. The summed E-state index contributed by atoms with van der Waals surface area (Å²) < 4.78 is 36.5. The number of allylic oxidation sites excluding steroid dienone is 3. The molecule has 0 saturated heterocycles. The summed E-state index contributed by atoms with van der Waals surface area (Å²) in [6.07, 6.45) is 4.79. The first-order chi connectivity index (χ1) is 12.8. The highest BCUT2D eigenvalue weighted by Crippen LogP contribution is 2.43. The second-order valence-electron chi connectivity index (χ2n) is 7.27. The molecule has 1 aromatic carbocycles. The van der Waals surface area contributed by atoms with Gasteiger partial charge in [0.2, 0.25) is 0 Å². The van der Waals surface area contributed by atoms with Gasteiger partial charge in [0.15, 0.2) is 5.82 Å². The third-order valence-corrected chi connectivity index (χ3v) is 5.02. The standard InChI is InChI=1S/C20H21F2N3O2/c1-11-8-12(10-13(9-11)26-20(2,21)22)19-24-18(25-27-19)16-5-3-4-15-14(16)6-7-17(15)23/h3-5,8-10,14,16-17H,6-7,23H2,1-2H3/t14?,16?,17-/m0/s1. The van der Waals surface area contributed by atoms with Crippen LogP contribution >= 0.6 is 0 Å². The molecule has 27 heavy (non-hydrogen) atoms. The fourth-order valence-electron chi connectivity index (χ4n) is 3.91. The van der Waals surface area contributed by atoms with Gasteiger partial charge in [0.1, 0.15) is 5.75 Å². The Morgan fingerprint density at radius 3 is 2.85 bits per heavy atom. The van der Waals surface area contributed by atoms with E-state index in [1.165, 1.54) is 11.6 Å². The van der Waals surface area contributed by atoms with Crippen LogP contribution in [-0.2, 0) is 0 Å². The van der Waals surface area contributed by atoms with E-state index >= 15 is 0 Å². The number of aryl methyl sites for hydroxylation is 1. The van der Waals surface area contributed by atoms with Gasteiger partial charge < -0.3 is 15.0 Å². The lowest BCUT2D eigenvalue weighted by Crippen LogP contribution is -2.22. The number of hydrogen-bond acceptors (Lipinski definition) is 5. The van der Waals surface area contributed by atoms with Crippen LogP contribution in [0.25, 0.3) is 11.5 Å². The van der Waals surface area contributed by atoms with E-state index in [9.17, 15) is 8.78 Å². The summed E-state index contributed by atoms with van der Waals surface area (Å²) in [6, 6.07) is 4.90. The minimum atomic E-state index is -3.26. The maximum absolute atomic E-state index is 13.2. The number of hydrogen-bond donors (Lipinski definition) is 1. The number of alkyl halides is 2. The number of fused-ring (bicyclic) bond motifs is 1. The molecule has 2 aliphatic carbocycles. The highest BCUT2D eigenvalue weighted by atomic mass is 19.3. The number of aromatic nitrogens is 2. The van der Waals surface area contributed by atoms with Crippen molar-refractivity contribution in [2.45, 2.75) is 44.8 Å². The minimum absolute atomic E-state index is 0.0107. The fraction of sp³-hybridized carbons (Fsp3) is 0.400. The van der Waals surface area contributed by atoms with Crippen molar-refractivity contribution in [2.24, 2.45) is 11.7 Å². The zero-order valence-corrected chi connectivity index (χ0v) is 15.2. The maximum Gasteiger partial charge on any atom is 0.394 e. The molecule has 1 heterocycles. The number of ether oxygens (including phenoxy) is 1. The quantitative estimate of drug-likeness (QED) is 0.862. The van der Waals surface area contributed by atoms with Crippen LogP contribution in [0, 0.1) is 12.8 Å². The van der Waals surface area contributed by atoms with Gasteiger partial charge in [-0.25, -0.2) is 0 Å². The van der Waals surface area contributed by atoms with Crippen LogP contribution < -0.4 is 10.5 Å². The van der Waals surface area contributed by atoms with Gasteiger partial charge in [0.25, 0.3) is 5.89 Å². The molecule has 3 atom stereocenters. The second-order valence-corrected chi connectivity index (χ2v) is 7.27. The van der Waals surface area contributed by atoms with E-state index in [1.807, 2.05) is 6.08 Å². The van der Waals surface area contributed by atoms with Crippen molar-refractivity contribution < 1.29 is 18.0 Å². The molecular weight excluding hydrogens is 352 g/mol. The normalized spacial score (nSPS) is 24.6. The van der Waals surface area contributed by atoms with Crippen molar-refractivity contribution in [3.8, 4) is 17.2 Å². The summed E-state index contributed by atoms with van der Waals surface area (Å²) in [6.45, 7) is 2.49. The molecule has 1 saturated carbocycles. The van der Waals surface area contributed by atoms with Gasteiger partial charge in [-0.2, -0.15) is 13.8 Å². The molecule has 2 aromatic rings. The van der Waals surface area contributed by atoms with Crippen molar-refractivity contribution in [3.05, 3.63) is 53.4 Å². The first-order valence-electron chi connectivity index (χ1n) is 8.96. The molecule has 0 amide bonds. The smallest absolute Gasteiger partial charge is 0.394 e. The number of nitrogens with zero attached hydrogens (tertiary/aromatic N) is 2. The Bertz CT molecular complexity index is 914. The van der Waals surface area contributed by atoms with E-state index in [4.69, 9.17) is 10.3 Å². The Hall–Kier alpha value is -2.54. The van der Waals surface area contributed by atoms with Gasteiger partial charge in [0, 0.05) is 24.4 Å². The van der Waals surface area contributed by atoms with Crippen LogP contribution in [-0.4, -0.2) is 22.3 Å². The van der Waals surface area contributed by atoms with Gasteiger partial charge in [0.05, 0.1) is 0 Å². The van der Waals surface area contributed by atoms with Crippen molar-refractivity contribution in [1.82, 2.24) is 10.1 Å². The molecule has 4 rings (SSSR count). The predicted octanol–water partition coefficient (Wildman–Crippen LogP) is 4.35. The summed E-state index contributed by atoms with van der Waals surface area (Å²) in [4.78, 5) is 4.53. The number of rotatable bonds is 4. The minimum Gasteiger partial charge on any atom is -0.433 e.